The van der Waals surface area contributed by atoms with Gasteiger partial charge >= 0.3 is 6.03 Å². The summed E-state index contributed by atoms with van der Waals surface area (Å²) in [5.74, 6) is -0.864. The summed E-state index contributed by atoms with van der Waals surface area (Å²) in [5.41, 5.74) is 2.94. The van der Waals surface area contributed by atoms with Crippen molar-refractivity contribution in [3.63, 3.8) is 0 Å². The molecule has 6 amide bonds. The molecule has 10 nitrogen and oxygen atoms in total. The SMILES string of the molecule is O=C1CCC(N2Cc3cc(NC(=O)C[C@H]4CC[C@H](NC(=O)NCc5cccc6ccccc56)CC4)ccc3C2=O)C(=O)N1. The summed E-state index contributed by atoms with van der Waals surface area (Å²) in [6.45, 7) is 0.713. The van der Waals surface area contributed by atoms with E-state index in [1.807, 2.05) is 24.3 Å². The van der Waals surface area contributed by atoms with Crippen LogP contribution in [-0.4, -0.2) is 46.6 Å². The standard InChI is InChI=1S/C33H35N5O5/c39-29-15-14-28(31(41)37-29)38-19-23-17-25(12-13-27(23)32(38)42)35-30(40)16-20-8-10-24(11-9-20)36-33(43)34-18-22-6-3-5-21-4-1-2-7-26(21)22/h1-7,12-13,17,20,24,28H,8-11,14-16,18-19H2,(H,35,40)(H2,34,36,43)(H,37,39,41)/t20-,24-,28?. The van der Waals surface area contributed by atoms with Crippen LogP contribution in [0.2, 0.25) is 0 Å². The number of hydrogen-bond donors (Lipinski definition) is 4. The third-order valence-corrected chi connectivity index (χ3v) is 8.78. The molecule has 0 spiro atoms. The molecule has 222 valence electrons. The molecule has 1 unspecified atom stereocenters. The highest BCUT2D eigenvalue weighted by molar-refractivity contribution is 6.05. The number of urea groups is 1. The van der Waals surface area contributed by atoms with Crippen LogP contribution in [0, 0.1) is 5.92 Å². The van der Waals surface area contributed by atoms with Crippen LogP contribution in [0.25, 0.3) is 10.8 Å². The quantitative estimate of drug-likeness (QED) is 0.313. The van der Waals surface area contributed by atoms with Crippen LogP contribution >= 0.6 is 0 Å². The lowest BCUT2D eigenvalue weighted by Gasteiger charge is -2.29. The molecule has 1 saturated heterocycles. The number of anilines is 1. The molecule has 2 aliphatic heterocycles. The number of hydrogen-bond acceptors (Lipinski definition) is 5. The Bertz CT molecular complexity index is 1590. The molecule has 3 aliphatic rings. The molecule has 2 heterocycles. The maximum Gasteiger partial charge on any atom is 0.315 e. The van der Waals surface area contributed by atoms with E-state index in [0.717, 1.165) is 47.6 Å². The van der Waals surface area contributed by atoms with Crippen LogP contribution in [0.5, 0.6) is 0 Å². The fourth-order valence-electron chi connectivity index (χ4n) is 6.50. The number of carbonyl (C=O) groups excluding carboxylic acids is 5. The van der Waals surface area contributed by atoms with Gasteiger partial charge in [-0.1, -0.05) is 42.5 Å². The van der Waals surface area contributed by atoms with E-state index < -0.39 is 11.9 Å². The third-order valence-electron chi connectivity index (χ3n) is 8.78. The average Bonchev–Trinajstić information content (AvgIpc) is 3.32. The highest BCUT2D eigenvalue weighted by atomic mass is 16.2. The molecule has 3 aromatic rings. The fourth-order valence-corrected chi connectivity index (χ4v) is 6.50. The number of carbonyl (C=O) groups is 5. The van der Waals surface area contributed by atoms with Crippen LogP contribution in [0.4, 0.5) is 10.5 Å². The summed E-state index contributed by atoms with van der Waals surface area (Å²) in [6.07, 6.45) is 4.23. The van der Waals surface area contributed by atoms with E-state index in [-0.39, 0.29) is 48.7 Å². The van der Waals surface area contributed by atoms with Gasteiger partial charge in [0, 0.05) is 43.2 Å². The second kappa shape index (κ2) is 12.2. The number of benzene rings is 3. The van der Waals surface area contributed by atoms with Gasteiger partial charge in [-0.25, -0.2) is 4.79 Å². The lowest BCUT2D eigenvalue weighted by atomic mass is 9.84. The Kier molecular flexibility index (Phi) is 8.09. The summed E-state index contributed by atoms with van der Waals surface area (Å²) in [4.78, 5) is 63.6. The Hall–Kier alpha value is -4.73. The Balaban J connectivity index is 0.943. The largest absolute Gasteiger partial charge is 0.335 e. The molecule has 6 rings (SSSR count). The summed E-state index contributed by atoms with van der Waals surface area (Å²) in [5, 5.41) is 13.6. The van der Waals surface area contributed by atoms with E-state index in [9.17, 15) is 24.0 Å². The second-order valence-electron chi connectivity index (χ2n) is 11.7. The predicted molar refractivity (Wildman–Crippen MR) is 161 cm³/mol. The van der Waals surface area contributed by atoms with Crippen molar-refractivity contribution in [3.8, 4) is 0 Å². The molecule has 4 N–H and O–H groups in total. The first-order valence-electron chi connectivity index (χ1n) is 14.9. The van der Waals surface area contributed by atoms with Gasteiger partial charge < -0.3 is 20.9 Å². The minimum absolute atomic E-state index is 0.0772. The van der Waals surface area contributed by atoms with Crippen molar-refractivity contribution in [1.82, 2.24) is 20.9 Å². The van der Waals surface area contributed by atoms with Gasteiger partial charge in [-0.3, -0.25) is 24.5 Å². The zero-order valence-corrected chi connectivity index (χ0v) is 23.9. The number of nitrogens with zero attached hydrogens (tertiary/aromatic N) is 1. The number of rotatable bonds is 7. The van der Waals surface area contributed by atoms with Crippen LogP contribution in [-0.2, 0) is 27.5 Å². The van der Waals surface area contributed by atoms with E-state index in [2.05, 4.69) is 39.5 Å². The van der Waals surface area contributed by atoms with Gasteiger partial charge in [0.15, 0.2) is 0 Å². The molecule has 0 radical (unpaired) electrons. The van der Waals surface area contributed by atoms with Crippen molar-refractivity contribution < 1.29 is 24.0 Å². The van der Waals surface area contributed by atoms with E-state index in [1.165, 1.54) is 4.90 Å². The number of imide groups is 1. The summed E-state index contributed by atoms with van der Waals surface area (Å²) in [7, 11) is 0. The van der Waals surface area contributed by atoms with Gasteiger partial charge in [-0.2, -0.15) is 0 Å². The highest BCUT2D eigenvalue weighted by Crippen LogP contribution is 2.31. The van der Waals surface area contributed by atoms with Gasteiger partial charge in [0.25, 0.3) is 5.91 Å². The first-order chi connectivity index (χ1) is 20.8. The van der Waals surface area contributed by atoms with Crippen molar-refractivity contribution >= 4 is 46.1 Å². The Morgan fingerprint density at radius 2 is 1.70 bits per heavy atom. The zero-order chi connectivity index (χ0) is 29.9. The highest BCUT2D eigenvalue weighted by Gasteiger charge is 2.39. The van der Waals surface area contributed by atoms with E-state index in [4.69, 9.17) is 0 Å². The number of nitrogens with one attached hydrogen (secondary N) is 4. The molecule has 10 heteroatoms. The van der Waals surface area contributed by atoms with Gasteiger partial charge in [-0.15, -0.1) is 0 Å². The predicted octanol–water partition coefficient (Wildman–Crippen LogP) is 3.99. The normalized spacial score (nSPS) is 21.7. The molecule has 1 atom stereocenters. The Morgan fingerprint density at radius 1 is 0.907 bits per heavy atom. The molecule has 43 heavy (non-hydrogen) atoms. The number of amides is 6. The monoisotopic (exact) mass is 581 g/mol. The van der Waals surface area contributed by atoms with Crippen LogP contribution in [0.15, 0.2) is 60.7 Å². The Labute approximate surface area is 249 Å². The Morgan fingerprint density at radius 3 is 2.51 bits per heavy atom. The molecule has 0 bridgehead atoms. The molecular formula is C33H35N5O5. The van der Waals surface area contributed by atoms with E-state index in [0.29, 0.717) is 30.6 Å². The zero-order valence-electron chi connectivity index (χ0n) is 23.9. The third kappa shape index (κ3) is 6.38. The van der Waals surface area contributed by atoms with Crippen molar-refractivity contribution in [2.45, 2.75) is 70.1 Å². The summed E-state index contributed by atoms with van der Waals surface area (Å²) in [6, 6.07) is 18.6. The first-order valence-corrected chi connectivity index (χ1v) is 14.9. The van der Waals surface area contributed by atoms with Crippen LogP contribution in [0.1, 0.15) is 66.4 Å². The summed E-state index contributed by atoms with van der Waals surface area (Å²) >= 11 is 0. The maximum absolute atomic E-state index is 12.9. The van der Waals surface area contributed by atoms with E-state index in [1.54, 1.807) is 18.2 Å². The molecule has 1 aliphatic carbocycles. The topological polar surface area (TPSA) is 137 Å². The van der Waals surface area contributed by atoms with Crippen molar-refractivity contribution in [1.29, 1.82) is 0 Å². The number of piperidine rings is 1. The van der Waals surface area contributed by atoms with Crippen molar-refractivity contribution in [2.75, 3.05) is 5.32 Å². The maximum atomic E-state index is 12.9. The van der Waals surface area contributed by atoms with Crippen molar-refractivity contribution in [2.24, 2.45) is 5.92 Å². The smallest absolute Gasteiger partial charge is 0.315 e. The van der Waals surface area contributed by atoms with Gasteiger partial charge in [0.1, 0.15) is 6.04 Å². The molecular weight excluding hydrogens is 546 g/mol. The molecule has 3 aromatic carbocycles. The number of fused-ring (bicyclic) bond motifs is 2. The van der Waals surface area contributed by atoms with Gasteiger partial charge in [0.05, 0.1) is 0 Å². The minimum atomic E-state index is -0.671. The molecule has 1 saturated carbocycles. The van der Waals surface area contributed by atoms with E-state index >= 15 is 0 Å². The average molecular weight is 582 g/mol. The first kappa shape index (κ1) is 28.4. The second-order valence-corrected chi connectivity index (χ2v) is 11.7. The van der Waals surface area contributed by atoms with Gasteiger partial charge in [-0.05, 0) is 78.1 Å². The van der Waals surface area contributed by atoms with Crippen LogP contribution < -0.4 is 21.3 Å². The fraction of sp³-hybridized carbons (Fsp3) is 0.364. The lowest BCUT2D eigenvalue weighted by Crippen LogP contribution is -2.52. The molecule has 2 fully saturated rings. The van der Waals surface area contributed by atoms with Gasteiger partial charge in [0.2, 0.25) is 17.7 Å². The summed E-state index contributed by atoms with van der Waals surface area (Å²) < 4.78 is 0. The lowest BCUT2D eigenvalue weighted by molar-refractivity contribution is -0.137. The van der Waals surface area contributed by atoms with Crippen LogP contribution in [0.3, 0.4) is 0 Å². The molecule has 0 aromatic heterocycles. The van der Waals surface area contributed by atoms with Crippen molar-refractivity contribution in [3.05, 3.63) is 77.4 Å². The minimum Gasteiger partial charge on any atom is -0.335 e.